The largest absolute Gasteiger partial charge is 0.456 e. The average molecular weight is 388 g/mol. The molecule has 2 rings (SSSR count). The van der Waals surface area contributed by atoms with Crippen LogP contribution in [-0.2, 0) is 14.3 Å². The van der Waals surface area contributed by atoms with Gasteiger partial charge < -0.3 is 10.1 Å². The van der Waals surface area contributed by atoms with E-state index >= 15 is 0 Å². The minimum absolute atomic E-state index is 0.0251. The fourth-order valence-corrected chi connectivity index (χ4v) is 2.35. The molecular formula is C20H18ClNO5. The summed E-state index contributed by atoms with van der Waals surface area (Å²) in [4.78, 5) is 46.8. The van der Waals surface area contributed by atoms with Crippen LogP contribution in [0.5, 0.6) is 0 Å². The molecular weight excluding hydrogens is 370 g/mol. The number of hydrogen-bond acceptors (Lipinski definition) is 5. The molecule has 0 spiro atoms. The quantitative estimate of drug-likeness (QED) is 0.551. The highest BCUT2D eigenvalue weighted by Gasteiger charge is 2.12. The zero-order chi connectivity index (χ0) is 19.8. The Morgan fingerprint density at radius 3 is 2.33 bits per heavy atom. The first-order valence-electron chi connectivity index (χ1n) is 8.20. The van der Waals surface area contributed by atoms with Gasteiger partial charge in [-0.2, -0.15) is 0 Å². The molecule has 140 valence electrons. The summed E-state index contributed by atoms with van der Waals surface area (Å²) >= 11 is 5.76. The van der Waals surface area contributed by atoms with Crippen LogP contribution in [0, 0.1) is 0 Å². The summed E-state index contributed by atoms with van der Waals surface area (Å²) in [6.45, 7) is 0.951. The van der Waals surface area contributed by atoms with Crippen LogP contribution in [-0.4, -0.2) is 30.0 Å². The lowest BCUT2D eigenvalue weighted by Crippen LogP contribution is -2.21. The van der Waals surface area contributed by atoms with Crippen molar-refractivity contribution in [3.63, 3.8) is 0 Å². The minimum Gasteiger partial charge on any atom is -0.456 e. The molecule has 0 radical (unpaired) electrons. The lowest BCUT2D eigenvalue weighted by atomic mass is 10.1. The Morgan fingerprint density at radius 2 is 1.67 bits per heavy atom. The first-order chi connectivity index (χ1) is 12.8. The number of carbonyl (C=O) groups excluding carboxylic acids is 4. The summed E-state index contributed by atoms with van der Waals surface area (Å²) in [6, 6.07) is 12.8. The Hall–Kier alpha value is -2.99. The third-order valence-electron chi connectivity index (χ3n) is 3.64. The first kappa shape index (κ1) is 20.3. The molecule has 0 bridgehead atoms. The zero-order valence-corrected chi connectivity index (χ0v) is 15.4. The van der Waals surface area contributed by atoms with Crippen molar-refractivity contribution in [3.8, 4) is 0 Å². The van der Waals surface area contributed by atoms with E-state index in [1.165, 1.54) is 13.0 Å². The fraction of sp³-hybridized carbons (Fsp3) is 0.200. The number of ketones is 2. The number of amides is 1. The molecule has 0 aliphatic heterocycles. The number of carbonyl (C=O) groups is 4. The molecule has 0 saturated carbocycles. The second kappa shape index (κ2) is 9.64. The van der Waals surface area contributed by atoms with Crippen LogP contribution in [0.15, 0.2) is 48.5 Å². The number of hydrogen-bond donors (Lipinski definition) is 1. The van der Waals surface area contributed by atoms with Gasteiger partial charge in [-0.15, -0.1) is 0 Å². The van der Waals surface area contributed by atoms with Gasteiger partial charge in [0.2, 0.25) is 0 Å². The zero-order valence-electron chi connectivity index (χ0n) is 14.7. The highest BCUT2D eigenvalue weighted by atomic mass is 35.5. The summed E-state index contributed by atoms with van der Waals surface area (Å²) in [6.07, 6.45) is -0.155. The van der Waals surface area contributed by atoms with Gasteiger partial charge in [-0.25, -0.2) is 0 Å². The molecule has 0 saturated heterocycles. The highest BCUT2D eigenvalue weighted by molar-refractivity contribution is 6.30. The molecule has 6 nitrogen and oxygen atoms in total. The van der Waals surface area contributed by atoms with E-state index in [-0.39, 0.29) is 24.4 Å². The van der Waals surface area contributed by atoms with Crippen LogP contribution < -0.4 is 5.32 Å². The molecule has 0 fully saturated rings. The van der Waals surface area contributed by atoms with E-state index in [2.05, 4.69) is 5.32 Å². The monoisotopic (exact) mass is 387 g/mol. The van der Waals surface area contributed by atoms with Crippen molar-refractivity contribution in [3.05, 3.63) is 64.7 Å². The molecule has 0 aromatic heterocycles. The lowest BCUT2D eigenvalue weighted by Gasteiger charge is -2.07. The number of esters is 1. The Morgan fingerprint density at radius 1 is 0.963 bits per heavy atom. The maximum absolute atomic E-state index is 12.0. The SMILES string of the molecule is CC(=O)c1cccc(NC(=O)COC(=O)CCC(=O)c2ccc(Cl)cc2)c1. The average Bonchev–Trinajstić information content (AvgIpc) is 2.65. The molecule has 7 heteroatoms. The van der Waals surface area contributed by atoms with Crippen LogP contribution in [0.3, 0.4) is 0 Å². The van der Waals surface area contributed by atoms with E-state index in [0.29, 0.717) is 21.8 Å². The number of rotatable bonds is 8. The smallest absolute Gasteiger partial charge is 0.306 e. The summed E-state index contributed by atoms with van der Waals surface area (Å²) in [5.41, 5.74) is 1.35. The number of benzene rings is 2. The van der Waals surface area contributed by atoms with Gasteiger partial charge in [-0.05, 0) is 43.3 Å². The van der Waals surface area contributed by atoms with Gasteiger partial charge in [-0.3, -0.25) is 19.2 Å². The summed E-state index contributed by atoms with van der Waals surface area (Å²) in [5, 5.41) is 3.06. The predicted octanol–water partition coefficient (Wildman–Crippen LogP) is 3.69. The van der Waals surface area contributed by atoms with Crippen molar-refractivity contribution in [2.75, 3.05) is 11.9 Å². The minimum atomic E-state index is -0.648. The van der Waals surface area contributed by atoms with Gasteiger partial charge >= 0.3 is 5.97 Å². The van der Waals surface area contributed by atoms with E-state index < -0.39 is 18.5 Å². The maximum atomic E-state index is 12.0. The number of ether oxygens (including phenoxy) is 1. The van der Waals surface area contributed by atoms with Crippen molar-refractivity contribution in [1.29, 1.82) is 0 Å². The van der Waals surface area contributed by atoms with E-state index in [0.717, 1.165) is 0 Å². The Bertz CT molecular complexity index is 861. The number of halogens is 1. The normalized spacial score (nSPS) is 10.1. The first-order valence-corrected chi connectivity index (χ1v) is 8.58. The summed E-state index contributed by atoms with van der Waals surface area (Å²) < 4.78 is 4.87. The maximum Gasteiger partial charge on any atom is 0.306 e. The van der Waals surface area contributed by atoms with Crippen LogP contribution in [0.2, 0.25) is 5.02 Å². The second-order valence-corrected chi connectivity index (χ2v) is 6.21. The van der Waals surface area contributed by atoms with Crippen LogP contribution in [0.1, 0.15) is 40.5 Å². The van der Waals surface area contributed by atoms with E-state index in [9.17, 15) is 19.2 Å². The van der Waals surface area contributed by atoms with Gasteiger partial charge in [0.25, 0.3) is 5.91 Å². The van der Waals surface area contributed by atoms with Crippen LogP contribution >= 0.6 is 11.6 Å². The molecule has 0 aliphatic carbocycles. The third kappa shape index (κ3) is 6.67. The Balaban J connectivity index is 1.75. The van der Waals surface area contributed by atoms with Crippen molar-refractivity contribution >= 4 is 40.7 Å². The Labute approximate surface area is 161 Å². The number of anilines is 1. The predicted molar refractivity (Wildman–Crippen MR) is 101 cm³/mol. The summed E-state index contributed by atoms with van der Waals surface area (Å²) in [5.74, 6) is -1.52. The van der Waals surface area contributed by atoms with E-state index in [4.69, 9.17) is 16.3 Å². The van der Waals surface area contributed by atoms with Gasteiger partial charge in [0.05, 0.1) is 6.42 Å². The van der Waals surface area contributed by atoms with Crippen molar-refractivity contribution in [1.82, 2.24) is 0 Å². The highest BCUT2D eigenvalue weighted by Crippen LogP contribution is 2.13. The molecule has 0 atom stereocenters. The van der Waals surface area contributed by atoms with Crippen molar-refractivity contribution in [2.24, 2.45) is 0 Å². The third-order valence-corrected chi connectivity index (χ3v) is 3.89. The van der Waals surface area contributed by atoms with E-state index in [1.54, 1.807) is 42.5 Å². The van der Waals surface area contributed by atoms with Crippen LogP contribution in [0.25, 0.3) is 0 Å². The topological polar surface area (TPSA) is 89.5 Å². The molecule has 2 aromatic carbocycles. The van der Waals surface area contributed by atoms with E-state index in [1.807, 2.05) is 0 Å². The van der Waals surface area contributed by atoms with Crippen molar-refractivity contribution in [2.45, 2.75) is 19.8 Å². The molecule has 0 aliphatic rings. The molecule has 2 aromatic rings. The molecule has 1 amide bonds. The van der Waals surface area contributed by atoms with Gasteiger partial charge in [-0.1, -0.05) is 23.7 Å². The van der Waals surface area contributed by atoms with Gasteiger partial charge in [0.1, 0.15) is 0 Å². The lowest BCUT2D eigenvalue weighted by molar-refractivity contribution is -0.147. The van der Waals surface area contributed by atoms with Crippen molar-refractivity contribution < 1.29 is 23.9 Å². The molecule has 0 heterocycles. The second-order valence-electron chi connectivity index (χ2n) is 5.78. The molecule has 0 unspecified atom stereocenters. The van der Waals surface area contributed by atoms with Gasteiger partial charge in [0.15, 0.2) is 18.2 Å². The van der Waals surface area contributed by atoms with Gasteiger partial charge in [0, 0.05) is 28.3 Å². The molecule has 27 heavy (non-hydrogen) atoms. The van der Waals surface area contributed by atoms with Crippen LogP contribution in [0.4, 0.5) is 5.69 Å². The fourth-order valence-electron chi connectivity index (χ4n) is 2.23. The summed E-state index contributed by atoms with van der Waals surface area (Å²) in [7, 11) is 0. The standard InChI is InChI=1S/C20H18ClNO5/c1-13(23)15-3-2-4-17(11-15)22-19(25)12-27-20(26)10-9-18(24)14-5-7-16(21)8-6-14/h2-8,11H,9-10,12H2,1H3,(H,22,25). The molecule has 1 N–H and O–H groups in total. The number of nitrogens with one attached hydrogen (secondary N) is 1. The number of Topliss-reactive ketones (excluding diaryl/α,β-unsaturated/α-hetero) is 2. The Kier molecular flexibility index (Phi) is 7.25.